The minimum atomic E-state index is -4.71. The Morgan fingerprint density at radius 3 is 1.75 bits per heavy atom. The third-order valence-electron chi connectivity index (χ3n) is 11.8. The molecule has 0 bridgehead atoms. The third-order valence-corrected chi connectivity index (χ3v) is 12.8. The fraction of sp³-hybridized carbons (Fsp3) is 0.896. The van der Waals surface area contributed by atoms with E-state index in [1.807, 2.05) is 0 Å². The highest BCUT2D eigenvalue weighted by Gasteiger charge is 2.41. The zero-order chi connectivity index (χ0) is 46.7. The maximum atomic E-state index is 12.8. The minimum Gasteiger partial charge on any atom is -0.462 e. The molecule has 0 saturated heterocycles. The fourth-order valence-corrected chi connectivity index (χ4v) is 8.73. The van der Waals surface area contributed by atoms with Crippen molar-refractivity contribution >= 4 is 25.5 Å². The van der Waals surface area contributed by atoms with Gasteiger partial charge in [0.1, 0.15) is 18.5 Å². The van der Waals surface area contributed by atoms with Crippen LogP contribution in [-0.2, 0) is 37.5 Å². The average Bonchev–Trinajstić information content (AvgIpc) is 3.51. The number of carbonyl (C=O) groups is 3. The molecule has 0 radical (unpaired) electrons. The highest BCUT2D eigenvalue weighted by Crippen LogP contribution is 2.43. The van der Waals surface area contributed by atoms with E-state index in [4.69, 9.17) is 19.1 Å². The summed E-state index contributed by atoms with van der Waals surface area (Å²) in [5, 5.41) is 49.7. The summed E-state index contributed by atoms with van der Waals surface area (Å²) in [6.45, 7) is 4.22. The summed E-state index contributed by atoms with van der Waals surface area (Å²) in [7, 11) is -4.71. The van der Waals surface area contributed by atoms with E-state index in [1.54, 1.807) is 12.2 Å². The number of aliphatic hydroxyl groups excluding tert-OH is 5. The molecule has 0 amide bonds. The Morgan fingerprint density at radius 1 is 0.667 bits per heavy atom. The zero-order valence-electron chi connectivity index (χ0n) is 39.3. The van der Waals surface area contributed by atoms with Crippen LogP contribution in [0.1, 0.15) is 201 Å². The van der Waals surface area contributed by atoms with Crippen molar-refractivity contribution in [3.05, 3.63) is 12.2 Å². The molecule has 0 heterocycles. The number of hydrogen-bond donors (Lipinski definition) is 6. The molecule has 1 aliphatic carbocycles. The quantitative estimate of drug-likeness (QED) is 0.0145. The van der Waals surface area contributed by atoms with Gasteiger partial charge in [0.15, 0.2) is 6.10 Å². The molecule has 1 saturated carbocycles. The maximum Gasteiger partial charge on any atom is 0.472 e. The molecule has 14 nitrogen and oxygen atoms in total. The molecule has 1 fully saturated rings. The van der Waals surface area contributed by atoms with Crippen molar-refractivity contribution in [2.75, 3.05) is 26.4 Å². The van der Waals surface area contributed by atoms with Crippen LogP contribution in [0.3, 0.4) is 0 Å². The second-order valence-corrected chi connectivity index (χ2v) is 19.7. The van der Waals surface area contributed by atoms with Crippen LogP contribution in [0.25, 0.3) is 0 Å². The molecule has 63 heavy (non-hydrogen) atoms. The Hall–Kier alpha value is -1.74. The Morgan fingerprint density at radius 2 is 1.17 bits per heavy atom. The summed E-state index contributed by atoms with van der Waals surface area (Å²) < 4.78 is 32.7. The van der Waals surface area contributed by atoms with Gasteiger partial charge in [0.2, 0.25) is 0 Å². The number of Topliss-reactive ketones (excluding diaryl/α,β-unsaturated/α-hetero) is 1. The van der Waals surface area contributed by atoms with E-state index in [9.17, 15) is 44.3 Å². The molecule has 15 heteroatoms. The SMILES string of the molecule is CCCCC[C@H](O)/C=C/[C@@H]1[C@@H](CC(=O)CCCCC(=O)OC[C@H](COP(=O)(O)OC[C@@H](O)CO)OC(=O)CCCCCCCCCCCCCCCCCCC(C)C)[C@@H](O)C[C@H]1O. The highest BCUT2D eigenvalue weighted by molar-refractivity contribution is 7.47. The summed E-state index contributed by atoms with van der Waals surface area (Å²) >= 11 is 0. The molecule has 0 aromatic heterocycles. The lowest BCUT2D eigenvalue weighted by Gasteiger charge is -2.20. The summed E-state index contributed by atoms with van der Waals surface area (Å²) in [5.41, 5.74) is 0. The molecular weight excluding hydrogens is 831 g/mol. The number of ether oxygens (including phenoxy) is 2. The Labute approximate surface area is 379 Å². The van der Waals surface area contributed by atoms with E-state index >= 15 is 0 Å². The number of unbranched alkanes of at least 4 members (excludes halogenated alkanes) is 18. The zero-order valence-corrected chi connectivity index (χ0v) is 40.2. The number of esters is 2. The predicted molar refractivity (Wildman–Crippen MR) is 245 cm³/mol. The van der Waals surface area contributed by atoms with Crippen LogP contribution in [0.2, 0.25) is 0 Å². The number of aliphatic hydroxyl groups is 5. The van der Waals surface area contributed by atoms with Crippen molar-refractivity contribution in [1.82, 2.24) is 0 Å². The van der Waals surface area contributed by atoms with Crippen molar-refractivity contribution in [2.45, 2.75) is 231 Å². The molecule has 0 aromatic carbocycles. The first-order valence-corrected chi connectivity index (χ1v) is 26.2. The monoisotopic (exact) mass is 921 g/mol. The molecule has 0 aliphatic heterocycles. The van der Waals surface area contributed by atoms with Crippen LogP contribution in [-0.4, -0.2) is 105 Å². The second-order valence-electron chi connectivity index (χ2n) is 18.3. The lowest BCUT2D eigenvalue weighted by molar-refractivity contribution is -0.161. The Balaban J connectivity index is 2.40. The number of phosphoric acid groups is 1. The average molecular weight is 921 g/mol. The number of phosphoric ester groups is 1. The smallest absolute Gasteiger partial charge is 0.462 e. The van der Waals surface area contributed by atoms with Crippen molar-refractivity contribution < 1.29 is 67.9 Å². The first-order valence-electron chi connectivity index (χ1n) is 24.7. The van der Waals surface area contributed by atoms with Gasteiger partial charge in [-0.25, -0.2) is 4.57 Å². The first-order chi connectivity index (χ1) is 30.2. The number of hydrogen-bond acceptors (Lipinski definition) is 13. The largest absolute Gasteiger partial charge is 0.472 e. The normalized spacial score (nSPS) is 20.2. The predicted octanol–water partition coefficient (Wildman–Crippen LogP) is 8.98. The highest BCUT2D eigenvalue weighted by atomic mass is 31.2. The van der Waals surface area contributed by atoms with E-state index in [0.29, 0.717) is 25.7 Å². The van der Waals surface area contributed by atoms with E-state index in [1.165, 1.54) is 83.5 Å². The topological polar surface area (TPSA) is 227 Å². The molecular formula is C48H89O14P. The maximum absolute atomic E-state index is 12.8. The van der Waals surface area contributed by atoms with Gasteiger partial charge in [-0.3, -0.25) is 23.4 Å². The number of ketones is 1. The van der Waals surface area contributed by atoms with Crippen molar-refractivity contribution in [1.29, 1.82) is 0 Å². The second kappa shape index (κ2) is 37.4. The molecule has 370 valence electrons. The van der Waals surface area contributed by atoms with E-state index in [0.717, 1.165) is 44.4 Å². The summed E-state index contributed by atoms with van der Waals surface area (Å²) in [4.78, 5) is 48.2. The van der Waals surface area contributed by atoms with E-state index in [2.05, 4.69) is 25.3 Å². The fourth-order valence-electron chi connectivity index (χ4n) is 7.94. The van der Waals surface area contributed by atoms with Gasteiger partial charge in [0.25, 0.3) is 0 Å². The molecule has 0 spiro atoms. The van der Waals surface area contributed by atoms with Gasteiger partial charge in [0.05, 0.1) is 38.1 Å². The molecule has 1 unspecified atom stereocenters. The van der Waals surface area contributed by atoms with Crippen molar-refractivity contribution in [3.63, 3.8) is 0 Å². The summed E-state index contributed by atoms with van der Waals surface area (Å²) in [5.74, 6) is -1.42. The van der Waals surface area contributed by atoms with Gasteiger partial charge in [-0.1, -0.05) is 155 Å². The lowest BCUT2D eigenvalue weighted by atomic mass is 9.87. The van der Waals surface area contributed by atoms with Gasteiger partial charge < -0.3 is 39.9 Å². The van der Waals surface area contributed by atoms with Crippen LogP contribution in [0.15, 0.2) is 12.2 Å². The Bertz CT molecular complexity index is 1250. The number of carbonyl (C=O) groups excluding carboxylic acids is 3. The molecule has 0 aromatic rings. The van der Waals surface area contributed by atoms with Crippen LogP contribution < -0.4 is 0 Å². The molecule has 6 N–H and O–H groups in total. The van der Waals surface area contributed by atoms with Gasteiger partial charge in [0, 0.05) is 43.9 Å². The van der Waals surface area contributed by atoms with Crippen LogP contribution in [0.5, 0.6) is 0 Å². The Kier molecular flexibility index (Phi) is 35.2. The molecule has 1 aliphatic rings. The van der Waals surface area contributed by atoms with Crippen LogP contribution in [0.4, 0.5) is 0 Å². The molecule has 8 atom stereocenters. The van der Waals surface area contributed by atoms with Crippen LogP contribution in [0, 0.1) is 17.8 Å². The number of rotatable bonds is 42. The van der Waals surface area contributed by atoms with Gasteiger partial charge in [-0.05, 0) is 31.6 Å². The summed E-state index contributed by atoms with van der Waals surface area (Å²) in [6.07, 6.45) is 23.8. The van der Waals surface area contributed by atoms with Gasteiger partial charge >= 0.3 is 19.8 Å². The standard InChI is InChI=1S/C48H89O14P/c1-4-5-20-26-39(50)30-31-43-44(46(54)33-45(43)53)32-40(51)27-23-24-28-47(55)59-36-42(37-61-63(57,58)60-35-41(52)34-49)62-48(56)29-22-19-17-15-13-11-9-7-6-8-10-12-14-16-18-21-25-38(2)3/h30-31,38-39,41-46,49-50,52-54H,4-29,32-37H2,1-3H3,(H,57,58)/b31-30+/t39-,41-,42+,43+,44+,45+,46-/m0/s1. The lowest BCUT2D eigenvalue weighted by Crippen LogP contribution is -2.29. The van der Waals surface area contributed by atoms with Gasteiger partial charge in [-0.15, -0.1) is 0 Å². The summed E-state index contributed by atoms with van der Waals surface area (Å²) in [6, 6.07) is 0. The third kappa shape index (κ3) is 32.6. The minimum absolute atomic E-state index is 0.0413. The van der Waals surface area contributed by atoms with E-state index < -0.39 is 88.5 Å². The van der Waals surface area contributed by atoms with Crippen LogP contribution >= 0.6 is 7.82 Å². The first kappa shape index (κ1) is 59.3. The molecule has 1 rings (SSSR count). The van der Waals surface area contributed by atoms with Crippen molar-refractivity contribution in [2.24, 2.45) is 17.8 Å². The van der Waals surface area contributed by atoms with Gasteiger partial charge in [-0.2, -0.15) is 0 Å². The van der Waals surface area contributed by atoms with E-state index in [-0.39, 0.29) is 37.9 Å². The van der Waals surface area contributed by atoms with Crippen molar-refractivity contribution in [3.8, 4) is 0 Å².